The van der Waals surface area contributed by atoms with Gasteiger partial charge in [0.25, 0.3) is 0 Å². The molecule has 0 fully saturated rings. The summed E-state index contributed by atoms with van der Waals surface area (Å²) in [5, 5.41) is 0. The van der Waals surface area contributed by atoms with Gasteiger partial charge in [-0.15, -0.1) is 6.58 Å². The molecule has 0 radical (unpaired) electrons. The molecule has 21 heavy (non-hydrogen) atoms. The maximum Gasteiger partial charge on any atom is 0.324 e. The van der Waals surface area contributed by atoms with E-state index in [9.17, 15) is 9.59 Å². The molecule has 0 aliphatic heterocycles. The van der Waals surface area contributed by atoms with E-state index in [0.29, 0.717) is 0 Å². The standard InChI is InChI=1S/C17H28O4/c1-5-9-10-11-12-14-17(13-6-2,15(18)20-7-3)16(19)21-8-4/h6,11-12H,2,5,7-10,13-14H2,1,3-4H3/b12-11+. The van der Waals surface area contributed by atoms with Crippen LogP contribution in [0, 0.1) is 5.41 Å². The molecule has 120 valence electrons. The summed E-state index contributed by atoms with van der Waals surface area (Å²) in [7, 11) is 0. The fraction of sp³-hybridized carbons (Fsp3) is 0.647. The van der Waals surface area contributed by atoms with Crippen molar-refractivity contribution < 1.29 is 19.1 Å². The minimum absolute atomic E-state index is 0.211. The van der Waals surface area contributed by atoms with Crippen LogP contribution in [0.3, 0.4) is 0 Å². The Kier molecular flexibility index (Phi) is 10.3. The summed E-state index contributed by atoms with van der Waals surface area (Å²) in [5.74, 6) is -1.08. The second-order valence-electron chi connectivity index (χ2n) is 4.83. The smallest absolute Gasteiger partial charge is 0.324 e. The summed E-state index contributed by atoms with van der Waals surface area (Å²) in [4.78, 5) is 24.6. The predicted octanol–water partition coefficient (Wildman–Crippen LogP) is 3.81. The molecule has 0 rings (SSSR count). The number of hydrogen-bond donors (Lipinski definition) is 0. The fourth-order valence-corrected chi connectivity index (χ4v) is 2.01. The molecule has 4 heteroatoms. The van der Waals surface area contributed by atoms with Crippen LogP contribution in [0.2, 0.25) is 0 Å². The van der Waals surface area contributed by atoms with Gasteiger partial charge in [0.1, 0.15) is 0 Å². The van der Waals surface area contributed by atoms with Crippen molar-refractivity contribution in [3.63, 3.8) is 0 Å². The van der Waals surface area contributed by atoms with Gasteiger partial charge in [0.05, 0.1) is 13.2 Å². The van der Waals surface area contributed by atoms with Crippen LogP contribution in [0.5, 0.6) is 0 Å². The molecule has 0 aromatic rings. The monoisotopic (exact) mass is 296 g/mol. The number of hydrogen-bond acceptors (Lipinski definition) is 4. The summed E-state index contributed by atoms with van der Waals surface area (Å²) < 4.78 is 10.2. The first-order valence-corrected chi connectivity index (χ1v) is 7.69. The molecular formula is C17H28O4. The molecule has 0 N–H and O–H groups in total. The van der Waals surface area contributed by atoms with E-state index in [2.05, 4.69) is 13.5 Å². The number of ether oxygens (including phenoxy) is 2. The van der Waals surface area contributed by atoms with Crippen LogP contribution in [-0.4, -0.2) is 25.2 Å². The first-order chi connectivity index (χ1) is 10.1. The Hall–Kier alpha value is -1.58. The minimum Gasteiger partial charge on any atom is -0.465 e. The third-order valence-electron chi connectivity index (χ3n) is 3.18. The quantitative estimate of drug-likeness (QED) is 0.252. The van der Waals surface area contributed by atoms with Crippen molar-refractivity contribution in [3.8, 4) is 0 Å². The van der Waals surface area contributed by atoms with Gasteiger partial charge >= 0.3 is 11.9 Å². The van der Waals surface area contributed by atoms with Crippen molar-refractivity contribution in [2.45, 2.75) is 52.9 Å². The van der Waals surface area contributed by atoms with E-state index < -0.39 is 17.4 Å². The molecule has 0 spiro atoms. The zero-order valence-electron chi connectivity index (χ0n) is 13.5. The predicted molar refractivity (Wildman–Crippen MR) is 83.8 cm³/mol. The summed E-state index contributed by atoms with van der Waals surface area (Å²) in [5.41, 5.74) is -1.31. The van der Waals surface area contributed by atoms with Crippen molar-refractivity contribution in [3.05, 3.63) is 24.8 Å². The van der Waals surface area contributed by atoms with E-state index in [0.717, 1.165) is 19.3 Å². The normalized spacial score (nSPS) is 11.4. The zero-order valence-corrected chi connectivity index (χ0v) is 13.5. The summed E-state index contributed by atoms with van der Waals surface area (Å²) in [6, 6.07) is 0. The van der Waals surface area contributed by atoms with Crippen molar-refractivity contribution in [1.82, 2.24) is 0 Å². The van der Waals surface area contributed by atoms with Crippen molar-refractivity contribution >= 4 is 11.9 Å². The van der Waals surface area contributed by atoms with E-state index in [1.165, 1.54) is 0 Å². The van der Waals surface area contributed by atoms with Crippen LogP contribution in [0.15, 0.2) is 24.8 Å². The molecule has 4 nitrogen and oxygen atoms in total. The highest BCUT2D eigenvalue weighted by Gasteiger charge is 2.46. The Morgan fingerprint density at radius 2 is 1.57 bits per heavy atom. The average molecular weight is 296 g/mol. The zero-order chi connectivity index (χ0) is 16.1. The molecule has 0 heterocycles. The largest absolute Gasteiger partial charge is 0.465 e. The van der Waals surface area contributed by atoms with Crippen molar-refractivity contribution in [1.29, 1.82) is 0 Å². The highest BCUT2D eigenvalue weighted by molar-refractivity contribution is 6.00. The summed E-state index contributed by atoms with van der Waals surface area (Å²) >= 11 is 0. The SMILES string of the molecule is C=CCC(C/C=C/CCCC)(C(=O)OCC)C(=O)OCC. The van der Waals surface area contributed by atoms with Crippen molar-refractivity contribution in [2.24, 2.45) is 5.41 Å². The molecule has 0 amide bonds. The number of carbonyl (C=O) groups excluding carboxylic acids is 2. The van der Waals surface area contributed by atoms with Gasteiger partial charge in [0, 0.05) is 0 Å². The van der Waals surface area contributed by atoms with E-state index in [1.807, 2.05) is 12.2 Å². The topological polar surface area (TPSA) is 52.6 Å². The van der Waals surface area contributed by atoms with Gasteiger partial charge < -0.3 is 9.47 Å². The van der Waals surface area contributed by atoms with Gasteiger partial charge in [-0.25, -0.2) is 0 Å². The third-order valence-corrected chi connectivity index (χ3v) is 3.18. The molecule has 0 aromatic carbocycles. The summed E-state index contributed by atoms with van der Waals surface area (Å²) in [6.07, 6.45) is 9.05. The molecule has 0 aromatic heterocycles. The first-order valence-electron chi connectivity index (χ1n) is 7.69. The second-order valence-corrected chi connectivity index (χ2v) is 4.83. The highest BCUT2D eigenvalue weighted by atomic mass is 16.6. The van der Waals surface area contributed by atoms with E-state index >= 15 is 0 Å². The van der Waals surface area contributed by atoms with Crippen LogP contribution in [0.1, 0.15) is 52.9 Å². The molecule has 0 unspecified atom stereocenters. The maximum absolute atomic E-state index is 12.3. The van der Waals surface area contributed by atoms with Crippen LogP contribution >= 0.6 is 0 Å². The van der Waals surface area contributed by atoms with Crippen LogP contribution in [0.4, 0.5) is 0 Å². The Balaban J connectivity index is 5.16. The maximum atomic E-state index is 12.3. The summed E-state index contributed by atoms with van der Waals surface area (Å²) in [6.45, 7) is 9.67. The van der Waals surface area contributed by atoms with Gasteiger partial charge in [-0.3, -0.25) is 9.59 Å². The molecule has 0 saturated heterocycles. The molecule has 0 atom stereocenters. The average Bonchev–Trinajstić information content (AvgIpc) is 2.46. The lowest BCUT2D eigenvalue weighted by Crippen LogP contribution is -2.41. The molecule has 0 bridgehead atoms. The third kappa shape index (κ3) is 6.15. The fourth-order valence-electron chi connectivity index (χ4n) is 2.01. The van der Waals surface area contributed by atoms with Gasteiger partial charge in [-0.05, 0) is 33.1 Å². The Labute approximate surface area is 128 Å². The molecule has 0 saturated carbocycles. The van der Waals surface area contributed by atoms with Gasteiger partial charge in [0.15, 0.2) is 5.41 Å². The lowest BCUT2D eigenvalue weighted by molar-refractivity contribution is -0.171. The Bertz CT molecular complexity index is 340. The first kappa shape index (κ1) is 19.4. The van der Waals surface area contributed by atoms with Crippen LogP contribution in [0.25, 0.3) is 0 Å². The minimum atomic E-state index is -1.31. The number of esters is 2. The molecule has 0 aliphatic rings. The lowest BCUT2D eigenvalue weighted by Gasteiger charge is -2.26. The van der Waals surface area contributed by atoms with Gasteiger partial charge in [-0.1, -0.05) is 38.0 Å². The lowest BCUT2D eigenvalue weighted by atomic mass is 9.80. The van der Waals surface area contributed by atoms with Gasteiger partial charge in [0.2, 0.25) is 0 Å². The number of rotatable bonds is 11. The van der Waals surface area contributed by atoms with Crippen LogP contribution < -0.4 is 0 Å². The Morgan fingerprint density at radius 1 is 1.00 bits per heavy atom. The molecular weight excluding hydrogens is 268 g/mol. The van der Waals surface area contributed by atoms with E-state index in [1.54, 1.807) is 19.9 Å². The van der Waals surface area contributed by atoms with Crippen molar-refractivity contribution in [2.75, 3.05) is 13.2 Å². The number of carbonyl (C=O) groups is 2. The Morgan fingerprint density at radius 3 is 2.00 bits per heavy atom. The number of allylic oxidation sites excluding steroid dienone is 3. The van der Waals surface area contributed by atoms with Crippen LogP contribution in [-0.2, 0) is 19.1 Å². The second kappa shape index (κ2) is 11.1. The highest BCUT2D eigenvalue weighted by Crippen LogP contribution is 2.32. The van der Waals surface area contributed by atoms with E-state index in [4.69, 9.17) is 9.47 Å². The van der Waals surface area contributed by atoms with Gasteiger partial charge in [-0.2, -0.15) is 0 Å². The number of unbranched alkanes of at least 4 members (excludes halogenated alkanes) is 2. The molecule has 0 aliphatic carbocycles. The van der Waals surface area contributed by atoms with E-state index in [-0.39, 0.29) is 26.1 Å².